The highest BCUT2D eigenvalue weighted by molar-refractivity contribution is 7.98. The lowest BCUT2D eigenvalue weighted by molar-refractivity contribution is -0.162. The zero-order valence-electron chi connectivity index (χ0n) is 41.0. The normalized spacial score (nSPS) is 16.7. The maximum absolute atomic E-state index is 15.0. The van der Waals surface area contributed by atoms with Crippen LogP contribution in [0.25, 0.3) is 0 Å². The van der Waals surface area contributed by atoms with Crippen molar-refractivity contribution < 1.29 is 52.9 Å². The lowest BCUT2D eigenvalue weighted by atomic mass is 9.82. The van der Waals surface area contributed by atoms with Crippen molar-refractivity contribution >= 4 is 64.6 Å². The number of esters is 2. The zero-order valence-corrected chi connectivity index (χ0v) is 42.6. The van der Waals surface area contributed by atoms with Crippen LogP contribution in [0.15, 0.2) is 29.6 Å². The van der Waals surface area contributed by atoms with Crippen molar-refractivity contribution in [2.24, 2.45) is 29.6 Å². The number of aromatic nitrogens is 1. The van der Waals surface area contributed by atoms with E-state index >= 15 is 0 Å². The highest BCUT2D eigenvalue weighted by Crippen LogP contribution is 2.34. The molecule has 1 aromatic carbocycles. The third-order valence-electron chi connectivity index (χ3n) is 12.0. The minimum atomic E-state index is -1.02. The molecule has 1 aromatic heterocycles. The van der Waals surface area contributed by atoms with E-state index in [2.05, 4.69) is 26.1 Å². The lowest BCUT2D eigenvalue weighted by Gasteiger charge is -2.39. The summed E-state index contributed by atoms with van der Waals surface area (Å²) < 4.78 is 16.7. The zero-order chi connectivity index (χ0) is 49.8. The Balaban J connectivity index is 1.93. The number of carbonyl (C=O) groups excluding carboxylic acids is 7. The number of nitrogens with one attached hydrogen (secondary N) is 3. The predicted molar refractivity (Wildman–Crippen MR) is 258 cm³/mol. The van der Waals surface area contributed by atoms with Gasteiger partial charge in [-0.05, 0) is 81.0 Å². The first-order valence-electron chi connectivity index (χ1n) is 23.4. The molecule has 374 valence electrons. The van der Waals surface area contributed by atoms with Gasteiger partial charge in [-0.15, -0.1) is 11.3 Å². The van der Waals surface area contributed by atoms with E-state index in [0.29, 0.717) is 17.2 Å². The van der Waals surface area contributed by atoms with E-state index in [1.165, 1.54) is 41.1 Å². The van der Waals surface area contributed by atoms with Crippen LogP contribution in [0.3, 0.4) is 0 Å². The van der Waals surface area contributed by atoms with Gasteiger partial charge in [0.2, 0.25) is 11.8 Å². The summed E-state index contributed by atoms with van der Waals surface area (Å²) in [4.78, 5) is 102. The number of piperidine rings is 1. The van der Waals surface area contributed by atoms with Crippen LogP contribution >= 0.6 is 23.1 Å². The smallest absolute Gasteiger partial charge is 0.426 e. The number of carbonyl (C=O) groups is 7. The van der Waals surface area contributed by atoms with Crippen LogP contribution in [0.1, 0.15) is 134 Å². The second-order valence-electron chi connectivity index (χ2n) is 18.3. The summed E-state index contributed by atoms with van der Waals surface area (Å²) in [6, 6.07) is 4.89. The van der Waals surface area contributed by atoms with Gasteiger partial charge in [0.25, 0.3) is 5.91 Å². The van der Waals surface area contributed by atoms with Gasteiger partial charge >= 0.3 is 18.0 Å². The number of ketones is 1. The summed E-state index contributed by atoms with van der Waals surface area (Å²) in [6.07, 6.45) is 4.00. The quantitative estimate of drug-likeness (QED) is 0.0249. The van der Waals surface area contributed by atoms with Crippen LogP contribution in [-0.2, 0) is 44.6 Å². The summed E-state index contributed by atoms with van der Waals surface area (Å²) in [5, 5.41) is 14.7. The molecule has 1 aliphatic heterocycles. The number of ether oxygens (including phenoxy) is 3. The van der Waals surface area contributed by atoms with Crippen LogP contribution in [0, 0.1) is 29.6 Å². The van der Waals surface area contributed by atoms with Crippen molar-refractivity contribution in [3.63, 3.8) is 0 Å². The molecule has 7 atom stereocenters. The highest BCUT2D eigenvalue weighted by atomic mass is 32.2. The second-order valence-corrected chi connectivity index (χ2v) is 20.2. The van der Waals surface area contributed by atoms with Crippen molar-refractivity contribution in [3.05, 3.63) is 45.9 Å². The summed E-state index contributed by atoms with van der Waals surface area (Å²) in [7, 11) is 1.94. The van der Waals surface area contributed by atoms with Gasteiger partial charge in [-0.1, -0.05) is 73.4 Å². The van der Waals surface area contributed by atoms with Crippen LogP contribution in [0.5, 0.6) is 5.75 Å². The number of phenols is 1. The Morgan fingerprint density at radius 1 is 0.970 bits per heavy atom. The Labute approximate surface area is 404 Å². The molecule has 4 amide bonds. The number of hydrogen-bond donors (Lipinski definition) is 4. The number of aromatic hydroxyl groups is 1. The first kappa shape index (κ1) is 56.6. The van der Waals surface area contributed by atoms with E-state index in [4.69, 9.17) is 14.2 Å². The highest BCUT2D eigenvalue weighted by Gasteiger charge is 2.40. The number of amides is 4. The number of benzene rings is 1. The molecule has 0 bridgehead atoms. The molecule has 2 heterocycles. The third kappa shape index (κ3) is 19.0. The second kappa shape index (κ2) is 28.5. The molecule has 67 heavy (non-hydrogen) atoms. The van der Waals surface area contributed by atoms with Crippen molar-refractivity contribution in [1.82, 2.24) is 31.0 Å². The average Bonchev–Trinajstić information content (AvgIpc) is 3.77. The minimum absolute atomic E-state index is 0.00393. The number of rotatable bonds is 26. The first-order chi connectivity index (χ1) is 31.7. The number of Topliss-reactive ketones (excluding diaryl/α,β-unsaturated/α-hetero) is 1. The summed E-state index contributed by atoms with van der Waals surface area (Å²) in [5.41, 5.74) is 5.41. The Morgan fingerprint density at radius 3 is 2.28 bits per heavy atom. The molecule has 1 aliphatic rings. The van der Waals surface area contributed by atoms with Gasteiger partial charge < -0.3 is 29.5 Å². The lowest BCUT2D eigenvalue weighted by Crippen LogP contribution is -2.50. The van der Waals surface area contributed by atoms with Crippen LogP contribution in [0.4, 0.5) is 4.79 Å². The van der Waals surface area contributed by atoms with Gasteiger partial charge in [-0.2, -0.15) is 11.8 Å². The van der Waals surface area contributed by atoms with Gasteiger partial charge in [0.1, 0.15) is 23.1 Å². The number of thiazole rings is 1. The van der Waals surface area contributed by atoms with Gasteiger partial charge in [0, 0.05) is 61.2 Å². The minimum Gasteiger partial charge on any atom is -0.508 e. The molecule has 1 unspecified atom stereocenters. The van der Waals surface area contributed by atoms with Gasteiger partial charge in [0.15, 0.2) is 18.6 Å². The van der Waals surface area contributed by atoms with Gasteiger partial charge in [-0.25, -0.2) is 15.2 Å². The van der Waals surface area contributed by atoms with E-state index in [-0.39, 0.29) is 92.4 Å². The van der Waals surface area contributed by atoms with E-state index in [0.717, 1.165) is 42.7 Å². The predicted octanol–water partition coefficient (Wildman–Crippen LogP) is 6.84. The molecule has 3 rings (SSSR count). The maximum atomic E-state index is 15.0. The summed E-state index contributed by atoms with van der Waals surface area (Å²) >= 11 is 2.61. The molecule has 1 fully saturated rings. The number of likely N-dealkylation sites (N-methyl/N-ethyl adjacent to an activating group) is 1. The number of hydrazine groups is 1. The summed E-state index contributed by atoms with van der Waals surface area (Å²) in [6.45, 7) is 15.1. The number of thioether (sulfide) groups is 1. The molecule has 1 saturated heterocycles. The van der Waals surface area contributed by atoms with Gasteiger partial charge in [0.05, 0.1) is 6.04 Å². The van der Waals surface area contributed by atoms with E-state index in [9.17, 15) is 38.7 Å². The Morgan fingerprint density at radius 2 is 1.67 bits per heavy atom. The Kier molecular flexibility index (Phi) is 24.1. The van der Waals surface area contributed by atoms with Crippen molar-refractivity contribution in [1.29, 1.82) is 0 Å². The van der Waals surface area contributed by atoms with Crippen molar-refractivity contribution in [3.8, 4) is 5.75 Å². The number of likely N-dealkylation sites (tertiary alicyclic amines) is 1. The SMILES string of the molecule is CCC(C)[C@H](CC(=O)[C@H]1CCCCN1C)C(=O)N(COC(=O)CC(C)C)[C@H](C[C@@H](OC(C)=O)c1nc(C(=O)N[C@@H](Cc2ccc(O)cc2)C[C@H](C)C(=O)NNC(=O)OCCSC)cs1)C(C)C. The molecule has 0 spiro atoms. The Hall–Kier alpha value is -4.75. The molecule has 0 radical (unpaired) electrons. The fourth-order valence-corrected chi connectivity index (χ4v) is 9.12. The van der Waals surface area contributed by atoms with E-state index in [1.54, 1.807) is 19.1 Å². The molecule has 17 nitrogen and oxygen atoms in total. The molecule has 19 heteroatoms. The number of phenolic OH excluding ortho intramolecular Hbond substituents is 1. The topological polar surface area (TPSA) is 223 Å². The largest absolute Gasteiger partial charge is 0.508 e. The van der Waals surface area contributed by atoms with Crippen LogP contribution in [-0.4, -0.2) is 118 Å². The molecule has 2 aromatic rings. The number of hydrogen-bond acceptors (Lipinski definition) is 15. The third-order valence-corrected chi connectivity index (χ3v) is 13.6. The fraction of sp³-hybridized carbons (Fsp3) is 0.667. The van der Waals surface area contributed by atoms with Crippen LogP contribution in [0.2, 0.25) is 0 Å². The monoisotopic (exact) mass is 974 g/mol. The molecule has 4 N–H and O–H groups in total. The van der Waals surface area contributed by atoms with Crippen molar-refractivity contribution in [2.75, 3.05) is 38.9 Å². The number of nitrogens with zero attached hydrogens (tertiary/aromatic N) is 3. The standard InChI is InChI=1S/C48H74N6O11S2/c1-11-31(6)37(25-41(57)39-14-12-13-19-53(39)9)47(61)54(28-64-43(58)22-29(2)3)40(30(4)5)26-42(65-33(8)55)46-50-38(27-67-46)45(60)49-35(24-34-15-17-36(56)18-16-34)23-32(7)44(59)51-52-48(62)63-20-21-66-10/h15-18,27,29-32,35,37,39-40,42,56H,11-14,19-26,28H2,1-10H3,(H,49,60)(H,51,59)(H,52,62)/t31?,32-,35+,37-,39+,40+,42+/m0/s1. The first-order valence-corrected chi connectivity index (χ1v) is 25.6. The van der Waals surface area contributed by atoms with Gasteiger partial charge in [-0.3, -0.25) is 39.1 Å². The van der Waals surface area contributed by atoms with Crippen LogP contribution < -0.4 is 16.2 Å². The average molecular weight is 975 g/mol. The Bertz CT molecular complexity index is 1930. The fourth-order valence-electron chi connectivity index (χ4n) is 8.03. The van der Waals surface area contributed by atoms with E-state index in [1.807, 2.05) is 54.8 Å². The van der Waals surface area contributed by atoms with Crippen molar-refractivity contribution in [2.45, 2.75) is 137 Å². The molecular formula is C48H74N6O11S2. The maximum Gasteiger partial charge on any atom is 0.426 e. The van der Waals surface area contributed by atoms with E-state index < -0.39 is 59.9 Å². The summed E-state index contributed by atoms with van der Waals surface area (Å²) in [5.74, 6) is -3.63. The molecular weight excluding hydrogens is 901 g/mol. The molecule has 0 aliphatic carbocycles. The molecule has 0 saturated carbocycles.